The minimum Gasteiger partial charge on any atom is -0.398 e. The number of para-hydroxylation sites is 1. The van der Waals surface area contributed by atoms with Crippen molar-refractivity contribution in [2.24, 2.45) is 0 Å². The maximum atomic E-state index is 13.6. The van der Waals surface area contributed by atoms with Crippen molar-refractivity contribution in [3.8, 4) is 0 Å². The molecular weight excluding hydrogens is 438 g/mol. The van der Waals surface area contributed by atoms with Gasteiger partial charge < -0.3 is 10.3 Å². The summed E-state index contributed by atoms with van der Waals surface area (Å²) in [6, 6.07) is 8.25. The van der Waals surface area contributed by atoms with Gasteiger partial charge in [0.05, 0.1) is 10.7 Å². The fourth-order valence-electron chi connectivity index (χ4n) is 2.81. The first-order valence-electron chi connectivity index (χ1n) is 7.86. The third-order valence-electron chi connectivity index (χ3n) is 4.06. The number of hydrogen-bond donors (Lipinski definition) is 2. The number of nitrogens with two attached hydrogens (primary N) is 1. The average molecular weight is 452 g/mol. The molecule has 3 rings (SSSR count). The van der Waals surface area contributed by atoms with Gasteiger partial charge in [0.15, 0.2) is 0 Å². The molecule has 0 aliphatic carbocycles. The van der Waals surface area contributed by atoms with Gasteiger partial charge in [0.1, 0.15) is 10.9 Å². The van der Waals surface area contributed by atoms with Crippen molar-refractivity contribution in [1.29, 1.82) is 0 Å². The zero-order valence-electron chi connectivity index (χ0n) is 14.0. The maximum absolute atomic E-state index is 13.6. The third-order valence-corrected chi connectivity index (χ3v) is 6.27. The van der Waals surface area contributed by atoms with Crippen molar-refractivity contribution < 1.29 is 21.6 Å². The summed E-state index contributed by atoms with van der Waals surface area (Å²) in [5.41, 5.74) is 5.82. The number of nitrogens with one attached hydrogen (secondary N) is 1. The number of alkyl halides is 3. The Hall–Kier alpha value is -1.94. The SMILES string of the molecule is Nc1cc(Cl)cc(Cl)c1S(=O)(=O)NC(Cn1ccc2ccccc21)C(F)(F)F. The van der Waals surface area contributed by atoms with E-state index >= 15 is 0 Å². The number of halogens is 5. The van der Waals surface area contributed by atoms with Gasteiger partial charge in [-0.25, -0.2) is 8.42 Å². The highest BCUT2D eigenvalue weighted by molar-refractivity contribution is 7.89. The molecule has 0 saturated carbocycles. The smallest absolute Gasteiger partial charge is 0.398 e. The van der Waals surface area contributed by atoms with E-state index in [2.05, 4.69) is 0 Å². The van der Waals surface area contributed by atoms with Crippen molar-refractivity contribution in [2.45, 2.75) is 23.7 Å². The lowest BCUT2D eigenvalue weighted by molar-refractivity contribution is -0.154. The number of nitrogen functional groups attached to an aromatic ring is 1. The molecule has 0 aliphatic rings. The summed E-state index contributed by atoms with van der Waals surface area (Å²) in [6.07, 6.45) is -3.40. The number of nitrogens with zero attached hydrogens (tertiary/aromatic N) is 1. The number of rotatable bonds is 5. The van der Waals surface area contributed by atoms with Crippen LogP contribution in [0, 0.1) is 0 Å². The highest BCUT2D eigenvalue weighted by atomic mass is 35.5. The summed E-state index contributed by atoms with van der Waals surface area (Å²) in [7, 11) is -4.68. The van der Waals surface area contributed by atoms with Crippen LogP contribution in [-0.2, 0) is 16.6 Å². The van der Waals surface area contributed by atoms with Crippen molar-refractivity contribution in [2.75, 3.05) is 5.73 Å². The molecule has 1 aromatic heterocycles. The number of sulfonamides is 1. The molecule has 0 aliphatic heterocycles. The molecule has 3 aromatic rings. The van der Waals surface area contributed by atoms with E-state index in [0.717, 1.165) is 17.5 Å². The molecule has 11 heteroatoms. The Kier molecular flexibility index (Phi) is 5.55. The monoisotopic (exact) mass is 451 g/mol. The van der Waals surface area contributed by atoms with Gasteiger partial charge in [0.2, 0.25) is 10.0 Å². The van der Waals surface area contributed by atoms with Gasteiger partial charge in [-0.15, -0.1) is 0 Å². The van der Waals surface area contributed by atoms with Gasteiger partial charge in [-0.1, -0.05) is 41.4 Å². The van der Waals surface area contributed by atoms with Gasteiger partial charge in [0, 0.05) is 23.3 Å². The van der Waals surface area contributed by atoms with E-state index in [0.29, 0.717) is 5.52 Å². The quantitative estimate of drug-likeness (QED) is 0.562. The molecular formula is C17H14Cl2F3N3O2S. The second-order valence-electron chi connectivity index (χ2n) is 6.05. The van der Waals surface area contributed by atoms with Gasteiger partial charge in [-0.3, -0.25) is 0 Å². The molecule has 0 fully saturated rings. The fraction of sp³-hybridized carbons (Fsp3) is 0.176. The van der Waals surface area contributed by atoms with Crippen LogP contribution in [0.2, 0.25) is 10.0 Å². The number of aromatic nitrogens is 1. The highest BCUT2D eigenvalue weighted by Gasteiger charge is 2.43. The first-order chi connectivity index (χ1) is 13.0. The Morgan fingerprint density at radius 2 is 1.82 bits per heavy atom. The number of fused-ring (bicyclic) bond motifs is 1. The van der Waals surface area contributed by atoms with Crippen molar-refractivity contribution in [3.05, 3.63) is 58.7 Å². The Bertz CT molecular complexity index is 1110. The van der Waals surface area contributed by atoms with E-state index in [1.807, 2.05) is 0 Å². The van der Waals surface area contributed by atoms with Crippen molar-refractivity contribution >= 4 is 49.8 Å². The molecule has 0 radical (unpaired) electrons. The summed E-state index contributed by atoms with van der Waals surface area (Å²) < 4.78 is 69.0. The zero-order valence-corrected chi connectivity index (χ0v) is 16.4. The maximum Gasteiger partial charge on any atom is 0.406 e. The van der Waals surface area contributed by atoms with Crippen LogP contribution in [0.1, 0.15) is 0 Å². The number of hydrogen-bond acceptors (Lipinski definition) is 3. The minimum absolute atomic E-state index is 0.0626. The summed E-state index contributed by atoms with van der Waals surface area (Å²) in [6.45, 7) is -0.665. The molecule has 5 nitrogen and oxygen atoms in total. The van der Waals surface area contributed by atoms with E-state index in [9.17, 15) is 21.6 Å². The van der Waals surface area contributed by atoms with E-state index in [4.69, 9.17) is 28.9 Å². The van der Waals surface area contributed by atoms with Crippen LogP contribution < -0.4 is 10.5 Å². The van der Waals surface area contributed by atoms with Crippen LogP contribution >= 0.6 is 23.2 Å². The van der Waals surface area contributed by atoms with Gasteiger partial charge in [-0.05, 0) is 29.7 Å². The Balaban J connectivity index is 1.98. The average Bonchev–Trinajstić information content (AvgIpc) is 2.95. The largest absolute Gasteiger partial charge is 0.406 e. The summed E-state index contributed by atoms with van der Waals surface area (Å²) >= 11 is 11.6. The second-order valence-corrected chi connectivity index (χ2v) is 8.54. The van der Waals surface area contributed by atoms with Gasteiger partial charge >= 0.3 is 6.18 Å². The number of benzene rings is 2. The van der Waals surface area contributed by atoms with Crippen LogP contribution in [0.4, 0.5) is 18.9 Å². The lowest BCUT2D eigenvalue weighted by Gasteiger charge is -2.23. The molecule has 3 N–H and O–H groups in total. The Morgan fingerprint density at radius 1 is 1.14 bits per heavy atom. The van der Waals surface area contributed by atoms with E-state index in [1.54, 1.807) is 35.1 Å². The Morgan fingerprint density at radius 3 is 2.46 bits per heavy atom. The van der Waals surface area contributed by atoms with Crippen LogP contribution in [-0.4, -0.2) is 25.2 Å². The summed E-state index contributed by atoms with van der Waals surface area (Å²) in [5.74, 6) is 0. The topological polar surface area (TPSA) is 77.1 Å². The van der Waals surface area contributed by atoms with Crippen molar-refractivity contribution in [3.63, 3.8) is 0 Å². The van der Waals surface area contributed by atoms with Crippen LogP contribution in [0.25, 0.3) is 10.9 Å². The minimum atomic E-state index is -4.86. The molecule has 0 saturated heterocycles. The fourth-order valence-corrected chi connectivity index (χ4v) is 5.01. The van der Waals surface area contributed by atoms with Crippen LogP contribution in [0.3, 0.4) is 0 Å². The molecule has 0 bridgehead atoms. The molecule has 0 amide bonds. The first-order valence-corrected chi connectivity index (χ1v) is 10.1. The van der Waals surface area contributed by atoms with Gasteiger partial charge in [0.25, 0.3) is 0 Å². The predicted octanol–water partition coefficient (Wildman–Crippen LogP) is 4.44. The molecule has 1 heterocycles. The summed E-state index contributed by atoms with van der Waals surface area (Å²) in [5, 5.41) is 0.425. The second kappa shape index (κ2) is 7.47. The highest BCUT2D eigenvalue weighted by Crippen LogP contribution is 2.32. The molecule has 0 spiro atoms. The Labute approximate surface area is 168 Å². The summed E-state index contributed by atoms with van der Waals surface area (Å²) in [4.78, 5) is -0.648. The molecule has 1 unspecified atom stereocenters. The van der Waals surface area contributed by atoms with Gasteiger partial charge in [-0.2, -0.15) is 17.9 Å². The van der Waals surface area contributed by atoms with Crippen molar-refractivity contribution in [1.82, 2.24) is 9.29 Å². The lowest BCUT2D eigenvalue weighted by atomic mass is 10.2. The first kappa shape index (κ1) is 20.8. The molecule has 2 aromatic carbocycles. The molecule has 1 atom stereocenters. The zero-order chi connectivity index (χ0) is 20.7. The van der Waals surface area contributed by atoms with Crippen LogP contribution in [0.5, 0.6) is 0 Å². The molecule has 150 valence electrons. The predicted molar refractivity (Wildman–Crippen MR) is 103 cm³/mol. The normalized spacial score (nSPS) is 13.8. The molecule has 28 heavy (non-hydrogen) atoms. The van der Waals surface area contributed by atoms with E-state index < -0.39 is 33.7 Å². The van der Waals surface area contributed by atoms with E-state index in [-0.39, 0.29) is 15.7 Å². The third kappa shape index (κ3) is 4.22. The standard InChI is InChI=1S/C17H14Cl2F3N3O2S/c18-11-7-12(19)16(13(23)8-11)28(26,27)24-15(17(20,21)22)9-25-6-5-10-3-1-2-4-14(10)25/h1-8,15,24H,9,23H2. The van der Waals surface area contributed by atoms with Crippen LogP contribution in [0.15, 0.2) is 53.6 Å². The number of anilines is 1. The van der Waals surface area contributed by atoms with E-state index in [1.165, 1.54) is 10.8 Å². The lowest BCUT2D eigenvalue weighted by Crippen LogP contribution is -2.48.